The van der Waals surface area contributed by atoms with E-state index in [1.807, 2.05) is 13.0 Å². The average molecular weight is 350 g/mol. The average Bonchev–Trinajstić information content (AvgIpc) is 2.54. The fraction of sp³-hybridized carbons (Fsp3) is 0.444. The first-order chi connectivity index (χ1) is 11.8. The van der Waals surface area contributed by atoms with Crippen molar-refractivity contribution in [2.24, 2.45) is 5.92 Å². The summed E-state index contributed by atoms with van der Waals surface area (Å²) in [6.45, 7) is 5.95. The van der Waals surface area contributed by atoms with Gasteiger partial charge in [-0.25, -0.2) is 9.97 Å². The number of rotatable bonds is 3. The highest BCUT2D eigenvalue weighted by Gasteiger charge is 2.30. The molecule has 2 aromatic rings. The molecule has 2 heterocycles. The molecule has 1 aromatic carbocycles. The molecule has 0 radical (unpaired) electrons. The van der Waals surface area contributed by atoms with Gasteiger partial charge in [-0.1, -0.05) is 6.92 Å². The van der Waals surface area contributed by atoms with E-state index in [0.29, 0.717) is 23.2 Å². The van der Waals surface area contributed by atoms with Crippen LogP contribution < -0.4 is 10.2 Å². The topological polar surface area (TPSA) is 41.1 Å². The summed E-state index contributed by atoms with van der Waals surface area (Å²) in [6.07, 6.45) is -1.98. The van der Waals surface area contributed by atoms with Gasteiger partial charge in [0.05, 0.1) is 5.56 Å². The minimum Gasteiger partial charge on any atom is -0.356 e. The molecule has 1 unspecified atom stereocenters. The van der Waals surface area contributed by atoms with Crippen molar-refractivity contribution >= 4 is 17.3 Å². The van der Waals surface area contributed by atoms with Crippen LogP contribution in [-0.4, -0.2) is 23.1 Å². The van der Waals surface area contributed by atoms with Gasteiger partial charge in [0.15, 0.2) is 0 Å². The highest BCUT2D eigenvalue weighted by Crippen LogP contribution is 2.30. The van der Waals surface area contributed by atoms with Gasteiger partial charge in [0.2, 0.25) is 0 Å². The van der Waals surface area contributed by atoms with E-state index in [9.17, 15) is 13.2 Å². The number of hydrogen-bond acceptors (Lipinski definition) is 4. The molecule has 1 aromatic heterocycles. The lowest BCUT2D eigenvalue weighted by Gasteiger charge is -2.32. The fourth-order valence-corrected chi connectivity index (χ4v) is 3.07. The van der Waals surface area contributed by atoms with Crippen molar-refractivity contribution in [2.45, 2.75) is 32.9 Å². The molecular formula is C18H21F3N4. The fourth-order valence-electron chi connectivity index (χ4n) is 3.07. The number of anilines is 3. The summed E-state index contributed by atoms with van der Waals surface area (Å²) in [5.41, 5.74) is -0.107. The second-order valence-electron chi connectivity index (χ2n) is 6.55. The SMILES string of the molecule is Cc1nc(Nc2ccc(C(F)(F)F)cc2)cc(N2CCCC(C)C2)n1. The van der Waals surface area contributed by atoms with Crippen molar-refractivity contribution in [1.82, 2.24) is 9.97 Å². The van der Waals surface area contributed by atoms with Crippen LogP contribution in [0.4, 0.5) is 30.5 Å². The molecule has 134 valence electrons. The molecule has 3 rings (SSSR count). The summed E-state index contributed by atoms with van der Waals surface area (Å²) in [5.74, 6) is 2.69. The third kappa shape index (κ3) is 4.41. The van der Waals surface area contributed by atoms with E-state index < -0.39 is 11.7 Å². The van der Waals surface area contributed by atoms with Crippen molar-refractivity contribution in [3.63, 3.8) is 0 Å². The third-order valence-electron chi connectivity index (χ3n) is 4.29. The van der Waals surface area contributed by atoms with Crippen LogP contribution in [0.5, 0.6) is 0 Å². The molecule has 1 aliphatic heterocycles. The zero-order chi connectivity index (χ0) is 18.0. The van der Waals surface area contributed by atoms with E-state index in [4.69, 9.17) is 0 Å². The Kier molecular flexibility index (Phi) is 4.83. The van der Waals surface area contributed by atoms with Crippen LogP contribution in [0.15, 0.2) is 30.3 Å². The van der Waals surface area contributed by atoms with Crippen LogP contribution in [0.1, 0.15) is 31.2 Å². The van der Waals surface area contributed by atoms with Crippen LogP contribution in [0, 0.1) is 12.8 Å². The van der Waals surface area contributed by atoms with E-state index in [1.54, 1.807) is 0 Å². The van der Waals surface area contributed by atoms with E-state index >= 15 is 0 Å². The number of aryl methyl sites for hydroxylation is 1. The number of halogens is 3. The second kappa shape index (κ2) is 6.90. The number of hydrogen-bond donors (Lipinski definition) is 1. The molecule has 1 N–H and O–H groups in total. The van der Waals surface area contributed by atoms with Gasteiger partial charge in [-0.3, -0.25) is 0 Å². The Labute approximate surface area is 145 Å². The van der Waals surface area contributed by atoms with E-state index in [-0.39, 0.29) is 0 Å². The van der Waals surface area contributed by atoms with Crippen LogP contribution in [0.2, 0.25) is 0 Å². The molecule has 4 nitrogen and oxygen atoms in total. The molecule has 0 aliphatic carbocycles. The first kappa shape index (κ1) is 17.5. The van der Waals surface area contributed by atoms with Crippen LogP contribution >= 0.6 is 0 Å². The molecule has 0 amide bonds. The minimum absolute atomic E-state index is 0.559. The molecule has 1 saturated heterocycles. The molecule has 7 heteroatoms. The molecular weight excluding hydrogens is 329 g/mol. The third-order valence-corrected chi connectivity index (χ3v) is 4.29. The zero-order valence-electron chi connectivity index (χ0n) is 14.3. The molecule has 0 bridgehead atoms. The molecule has 0 spiro atoms. The normalized spacial score (nSPS) is 18.3. The van der Waals surface area contributed by atoms with Gasteiger partial charge in [0.25, 0.3) is 0 Å². The molecule has 1 fully saturated rings. The van der Waals surface area contributed by atoms with Crippen molar-refractivity contribution in [1.29, 1.82) is 0 Å². The second-order valence-corrected chi connectivity index (χ2v) is 6.55. The lowest BCUT2D eigenvalue weighted by Crippen LogP contribution is -2.35. The monoisotopic (exact) mass is 350 g/mol. The highest BCUT2D eigenvalue weighted by molar-refractivity contribution is 5.60. The van der Waals surface area contributed by atoms with Gasteiger partial charge in [-0.15, -0.1) is 0 Å². The van der Waals surface area contributed by atoms with Crippen molar-refractivity contribution in [2.75, 3.05) is 23.3 Å². The number of aromatic nitrogens is 2. The number of nitrogens with one attached hydrogen (secondary N) is 1. The predicted molar refractivity (Wildman–Crippen MR) is 92.1 cm³/mol. The quantitative estimate of drug-likeness (QED) is 0.865. The Morgan fingerprint density at radius 3 is 2.52 bits per heavy atom. The number of piperidine rings is 1. The number of alkyl halides is 3. The van der Waals surface area contributed by atoms with Gasteiger partial charge in [-0.05, 0) is 49.9 Å². The summed E-state index contributed by atoms with van der Waals surface area (Å²) in [5, 5.41) is 3.07. The number of nitrogens with zero attached hydrogens (tertiary/aromatic N) is 3. The molecule has 0 saturated carbocycles. The Morgan fingerprint density at radius 1 is 1.16 bits per heavy atom. The van der Waals surface area contributed by atoms with Gasteiger partial charge in [-0.2, -0.15) is 13.2 Å². The maximum Gasteiger partial charge on any atom is 0.416 e. The van der Waals surface area contributed by atoms with Crippen molar-refractivity contribution in [3.05, 3.63) is 41.7 Å². The van der Waals surface area contributed by atoms with Crippen LogP contribution in [0.25, 0.3) is 0 Å². The van der Waals surface area contributed by atoms with E-state index in [1.165, 1.54) is 18.6 Å². The standard InChI is InChI=1S/C18H21F3N4/c1-12-4-3-9-25(11-12)17-10-16(22-13(2)23-17)24-15-7-5-14(6-8-15)18(19,20)21/h5-8,10,12H,3-4,9,11H2,1-2H3,(H,22,23,24). The maximum absolute atomic E-state index is 12.6. The van der Waals surface area contributed by atoms with Gasteiger partial charge in [0.1, 0.15) is 17.5 Å². The smallest absolute Gasteiger partial charge is 0.356 e. The van der Waals surface area contributed by atoms with Crippen LogP contribution in [-0.2, 0) is 6.18 Å². The summed E-state index contributed by atoms with van der Waals surface area (Å²) in [7, 11) is 0. The Morgan fingerprint density at radius 2 is 1.88 bits per heavy atom. The van der Waals surface area contributed by atoms with Gasteiger partial charge < -0.3 is 10.2 Å². The minimum atomic E-state index is -4.33. The first-order valence-electron chi connectivity index (χ1n) is 8.36. The summed E-state index contributed by atoms with van der Waals surface area (Å²) in [6, 6.07) is 6.78. The lowest BCUT2D eigenvalue weighted by atomic mass is 10.0. The zero-order valence-corrected chi connectivity index (χ0v) is 14.3. The molecule has 25 heavy (non-hydrogen) atoms. The lowest BCUT2D eigenvalue weighted by molar-refractivity contribution is -0.137. The largest absolute Gasteiger partial charge is 0.416 e. The Balaban J connectivity index is 1.78. The van der Waals surface area contributed by atoms with Crippen molar-refractivity contribution < 1.29 is 13.2 Å². The van der Waals surface area contributed by atoms with Crippen LogP contribution in [0.3, 0.4) is 0 Å². The summed E-state index contributed by atoms with van der Waals surface area (Å²) in [4.78, 5) is 11.1. The Hall–Kier alpha value is -2.31. The predicted octanol–water partition coefficient (Wildman–Crippen LogP) is 4.78. The summed E-state index contributed by atoms with van der Waals surface area (Å²) >= 11 is 0. The van der Waals surface area contributed by atoms with Crippen molar-refractivity contribution in [3.8, 4) is 0 Å². The molecule has 1 aliphatic rings. The van der Waals surface area contributed by atoms with E-state index in [2.05, 4.69) is 27.1 Å². The Bertz CT molecular complexity index is 728. The maximum atomic E-state index is 12.6. The van der Waals surface area contributed by atoms with E-state index in [0.717, 1.165) is 37.5 Å². The van der Waals surface area contributed by atoms with Gasteiger partial charge in [0, 0.05) is 24.8 Å². The number of benzene rings is 1. The molecule has 1 atom stereocenters. The highest BCUT2D eigenvalue weighted by atomic mass is 19.4. The summed E-state index contributed by atoms with van der Waals surface area (Å²) < 4.78 is 37.9. The first-order valence-corrected chi connectivity index (χ1v) is 8.36. The van der Waals surface area contributed by atoms with Gasteiger partial charge >= 0.3 is 6.18 Å².